The first-order valence-corrected chi connectivity index (χ1v) is 7.18. The van der Waals surface area contributed by atoms with Crippen LogP contribution in [0.25, 0.3) is 0 Å². The summed E-state index contributed by atoms with van der Waals surface area (Å²) in [6, 6.07) is 8.09. The van der Waals surface area contributed by atoms with Gasteiger partial charge in [0.25, 0.3) is 0 Å². The molecule has 0 atom stereocenters. The summed E-state index contributed by atoms with van der Waals surface area (Å²) in [6.45, 7) is 10.9. The van der Waals surface area contributed by atoms with E-state index in [9.17, 15) is 4.79 Å². The molecule has 0 saturated heterocycles. The van der Waals surface area contributed by atoms with Gasteiger partial charge in [-0.15, -0.1) is 0 Å². The number of ether oxygens (including phenoxy) is 1. The number of hydrogen-bond acceptors (Lipinski definition) is 2. The minimum Gasteiger partial charge on any atom is -0.488 e. The molecule has 0 fully saturated rings. The maximum absolute atomic E-state index is 10.9. The predicted octanol–water partition coefficient (Wildman–Crippen LogP) is 4.62. The van der Waals surface area contributed by atoms with Gasteiger partial charge in [0.1, 0.15) is 18.6 Å². The molecule has 0 radical (unpaired) electrons. The first-order chi connectivity index (χ1) is 9.92. The van der Waals surface area contributed by atoms with Crippen molar-refractivity contribution in [3.05, 3.63) is 63.2 Å². The van der Waals surface area contributed by atoms with E-state index in [1.54, 1.807) is 0 Å². The van der Waals surface area contributed by atoms with Crippen LogP contribution in [0.3, 0.4) is 0 Å². The molecule has 0 aromatic heterocycles. The van der Waals surface area contributed by atoms with E-state index in [2.05, 4.69) is 32.9 Å². The lowest BCUT2D eigenvalue weighted by Gasteiger charge is -2.16. The Labute approximate surface area is 126 Å². The topological polar surface area (TPSA) is 26.3 Å². The van der Waals surface area contributed by atoms with Crippen LogP contribution in [0.4, 0.5) is 0 Å². The smallest absolute Gasteiger partial charge is 0.150 e. The molecular formula is C19H22O2. The fraction of sp³-hybridized carbons (Fsp3) is 0.316. The minimum absolute atomic E-state index is 0.556. The van der Waals surface area contributed by atoms with Gasteiger partial charge < -0.3 is 4.74 Å². The molecule has 0 N–H and O–H groups in total. The zero-order valence-electron chi connectivity index (χ0n) is 13.4. The lowest BCUT2D eigenvalue weighted by molar-refractivity contribution is 0.112. The normalized spacial score (nSPS) is 10.5. The fourth-order valence-corrected chi connectivity index (χ4v) is 2.86. The summed E-state index contributed by atoms with van der Waals surface area (Å²) < 4.78 is 6.04. The molecule has 2 aromatic carbocycles. The number of aldehydes is 1. The summed E-state index contributed by atoms with van der Waals surface area (Å²) in [4.78, 5) is 10.9. The maximum atomic E-state index is 10.9. The third-order valence-electron chi connectivity index (χ3n) is 3.82. The molecule has 0 aliphatic rings. The second kappa shape index (κ2) is 6.13. The molecular weight excluding hydrogens is 260 g/mol. The molecule has 2 nitrogen and oxygen atoms in total. The minimum atomic E-state index is 0.556. The highest BCUT2D eigenvalue weighted by molar-refractivity contribution is 5.76. The average Bonchev–Trinajstić information content (AvgIpc) is 2.39. The average molecular weight is 282 g/mol. The molecule has 2 heteroatoms. The standard InChI is InChI=1S/C19H22O2/c1-12-6-13(2)18(14(3)7-12)11-21-19-15(4)8-17(10-20)9-16(19)5/h6-10H,11H2,1-5H3. The Morgan fingerprint density at radius 1 is 0.857 bits per heavy atom. The van der Waals surface area contributed by atoms with E-state index < -0.39 is 0 Å². The number of carbonyl (C=O) groups is 1. The van der Waals surface area contributed by atoms with Crippen LogP contribution in [0.2, 0.25) is 0 Å². The second-order valence-electron chi connectivity index (χ2n) is 5.77. The molecule has 110 valence electrons. The van der Waals surface area contributed by atoms with Crippen LogP contribution in [0, 0.1) is 34.6 Å². The van der Waals surface area contributed by atoms with Crippen LogP contribution in [0.5, 0.6) is 5.75 Å². The quantitative estimate of drug-likeness (QED) is 0.765. The van der Waals surface area contributed by atoms with Gasteiger partial charge in [-0.25, -0.2) is 0 Å². The summed E-state index contributed by atoms with van der Waals surface area (Å²) in [5, 5.41) is 0. The van der Waals surface area contributed by atoms with Gasteiger partial charge in [0.15, 0.2) is 0 Å². The molecule has 2 aromatic rings. The van der Waals surface area contributed by atoms with E-state index in [1.165, 1.54) is 22.3 Å². The van der Waals surface area contributed by atoms with Crippen molar-refractivity contribution in [3.8, 4) is 5.75 Å². The Balaban J connectivity index is 2.27. The van der Waals surface area contributed by atoms with Crippen LogP contribution in [-0.4, -0.2) is 6.29 Å². The Morgan fingerprint density at radius 2 is 1.38 bits per heavy atom. The van der Waals surface area contributed by atoms with E-state index in [4.69, 9.17) is 4.74 Å². The first kappa shape index (κ1) is 15.3. The fourth-order valence-electron chi connectivity index (χ4n) is 2.86. The molecule has 21 heavy (non-hydrogen) atoms. The summed E-state index contributed by atoms with van der Waals surface area (Å²) in [5.41, 5.74) is 7.72. The van der Waals surface area contributed by atoms with Gasteiger partial charge in [0.2, 0.25) is 0 Å². The summed E-state index contributed by atoms with van der Waals surface area (Å²) in [7, 11) is 0. The maximum Gasteiger partial charge on any atom is 0.150 e. The van der Waals surface area contributed by atoms with Gasteiger partial charge in [-0.1, -0.05) is 17.7 Å². The number of hydrogen-bond donors (Lipinski definition) is 0. The summed E-state index contributed by atoms with van der Waals surface area (Å²) >= 11 is 0. The second-order valence-corrected chi connectivity index (χ2v) is 5.77. The first-order valence-electron chi connectivity index (χ1n) is 7.18. The van der Waals surface area contributed by atoms with E-state index in [1.807, 2.05) is 26.0 Å². The SMILES string of the molecule is Cc1cc(C)c(COc2c(C)cc(C=O)cc2C)c(C)c1. The zero-order valence-corrected chi connectivity index (χ0v) is 13.4. The molecule has 0 aliphatic carbocycles. The van der Waals surface area contributed by atoms with Crippen molar-refractivity contribution in [2.45, 2.75) is 41.2 Å². The summed E-state index contributed by atoms with van der Waals surface area (Å²) in [5.74, 6) is 0.875. The number of aryl methyl sites for hydroxylation is 5. The van der Waals surface area contributed by atoms with E-state index >= 15 is 0 Å². The van der Waals surface area contributed by atoms with E-state index in [0.29, 0.717) is 12.2 Å². The molecule has 2 rings (SSSR count). The van der Waals surface area contributed by atoms with Crippen molar-refractivity contribution in [1.82, 2.24) is 0 Å². The Hall–Kier alpha value is -2.09. The molecule has 0 bridgehead atoms. The monoisotopic (exact) mass is 282 g/mol. The van der Waals surface area contributed by atoms with Crippen LogP contribution in [-0.2, 0) is 6.61 Å². The number of benzene rings is 2. The van der Waals surface area contributed by atoms with E-state index in [-0.39, 0.29) is 0 Å². The van der Waals surface area contributed by atoms with Crippen molar-refractivity contribution in [2.24, 2.45) is 0 Å². The van der Waals surface area contributed by atoms with Crippen molar-refractivity contribution in [1.29, 1.82) is 0 Å². The van der Waals surface area contributed by atoms with Gasteiger partial charge in [-0.2, -0.15) is 0 Å². The molecule has 0 unspecified atom stereocenters. The van der Waals surface area contributed by atoms with Crippen molar-refractivity contribution in [2.75, 3.05) is 0 Å². The molecule has 0 spiro atoms. The van der Waals surface area contributed by atoms with Crippen molar-refractivity contribution < 1.29 is 9.53 Å². The van der Waals surface area contributed by atoms with E-state index in [0.717, 1.165) is 23.2 Å². The zero-order chi connectivity index (χ0) is 15.6. The summed E-state index contributed by atoms with van der Waals surface area (Å²) in [6.07, 6.45) is 0.873. The highest BCUT2D eigenvalue weighted by Crippen LogP contribution is 2.26. The third kappa shape index (κ3) is 3.33. The number of rotatable bonds is 4. The largest absolute Gasteiger partial charge is 0.488 e. The van der Waals surface area contributed by atoms with Crippen LogP contribution >= 0.6 is 0 Å². The highest BCUT2D eigenvalue weighted by atomic mass is 16.5. The van der Waals surface area contributed by atoms with Crippen molar-refractivity contribution in [3.63, 3.8) is 0 Å². The molecule has 0 saturated carbocycles. The van der Waals surface area contributed by atoms with Gasteiger partial charge in [-0.05, 0) is 74.6 Å². The van der Waals surface area contributed by atoms with Crippen molar-refractivity contribution >= 4 is 6.29 Å². The predicted molar refractivity (Wildman–Crippen MR) is 86.3 cm³/mol. The number of carbonyl (C=O) groups excluding carboxylic acids is 1. The Bertz CT molecular complexity index is 638. The van der Waals surface area contributed by atoms with Gasteiger partial charge in [0, 0.05) is 5.56 Å². The van der Waals surface area contributed by atoms with Gasteiger partial charge in [-0.3, -0.25) is 4.79 Å². The lowest BCUT2D eigenvalue weighted by Crippen LogP contribution is -2.04. The van der Waals surface area contributed by atoms with Gasteiger partial charge in [0.05, 0.1) is 0 Å². The Kier molecular flexibility index (Phi) is 4.46. The van der Waals surface area contributed by atoms with Gasteiger partial charge >= 0.3 is 0 Å². The Morgan fingerprint density at radius 3 is 1.86 bits per heavy atom. The molecule has 0 aliphatic heterocycles. The highest BCUT2D eigenvalue weighted by Gasteiger charge is 2.09. The lowest BCUT2D eigenvalue weighted by atomic mass is 10.0. The van der Waals surface area contributed by atoms with Crippen LogP contribution in [0.1, 0.15) is 43.7 Å². The molecule has 0 heterocycles. The third-order valence-corrected chi connectivity index (χ3v) is 3.82. The van der Waals surface area contributed by atoms with Crippen LogP contribution < -0.4 is 4.74 Å². The molecule has 0 amide bonds. The van der Waals surface area contributed by atoms with Crippen LogP contribution in [0.15, 0.2) is 24.3 Å².